The number of methoxy groups -OCH3 is 1. The van der Waals surface area contributed by atoms with Crippen LogP contribution in [0.1, 0.15) is 19.4 Å². The first-order valence-corrected chi connectivity index (χ1v) is 7.58. The van der Waals surface area contributed by atoms with Gasteiger partial charge in [0.25, 0.3) is 0 Å². The lowest BCUT2D eigenvalue weighted by Gasteiger charge is -2.38. The third-order valence-corrected chi connectivity index (χ3v) is 4.11. The van der Waals surface area contributed by atoms with Gasteiger partial charge in [0.15, 0.2) is 0 Å². The first kappa shape index (κ1) is 16.2. The highest BCUT2D eigenvalue weighted by Crippen LogP contribution is 2.18. The van der Waals surface area contributed by atoms with Crippen LogP contribution in [0.25, 0.3) is 0 Å². The summed E-state index contributed by atoms with van der Waals surface area (Å²) >= 11 is 0. The zero-order valence-electron chi connectivity index (χ0n) is 13.2. The topological polar surface area (TPSA) is 59.8 Å². The van der Waals surface area contributed by atoms with Crippen molar-refractivity contribution in [1.29, 1.82) is 0 Å². The summed E-state index contributed by atoms with van der Waals surface area (Å²) in [5, 5.41) is 0. The second-order valence-corrected chi connectivity index (χ2v) is 5.83. The minimum absolute atomic E-state index is 0.0960. The van der Waals surface area contributed by atoms with Crippen LogP contribution in [0.5, 0.6) is 5.75 Å². The first-order valence-electron chi connectivity index (χ1n) is 7.58. The largest absolute Gasteiger partial charge is 0.497 e. The maximum absolute atomic E-state index is 5.92. The Bertz CT molecular complexity index is 439. The fourth-order valence-electron chi connectivity index (χ4n) is 2.76. The van der Waals surface area contributed by atoms with Crippen LogP contribution in [-0.2, 0) is 11.2 Å². The van der Waals surface area contributed by atoms with Gasteiger partial charge in [-0.1, -0.05) is 12.1 Å². The standard InChI is InChI=1S/C16H27N3O2/c1-12(2)19-7-8-21-16(11-19)15(18-17)10-13-5-4-6-14(9-13)20-3/h4-6,9,12,15-16,18H,7-8,10-11,17H2,1-3H3. The van der Waals surface area contributed by atoms with E-state index >= 15 is 0 Å². The maximum Gasteiger partial charge on any atom is 0.119 e. The molecule has 1 aromatic rings. The van der Waals surface area contributed by atoms with E-state index < -0.39 is 0 Å². The van der Waals surface area contributed by atoms with Crippen LogP contribution >= 0.6 is 0 Å². The predicted octanol–water partition coefficient (Wildman–Crippen LogP) is 1.18. The number of benzene rings is 1. The molecule has 0 amide bonds. The van der Waals surface area contributed by atoms with Gasteiger partial charge >= 0.3 is 0 Å². The van der Waals surface area contributed by atoms with Gasteiger partial charge in [-0.05, 0) is 38.0 Å². The molecule has 2 unspecified atom stereocenters. The van der Waals surface area contributed by atoms with Crippen molar-refractivity contribution in [1.82, 2.24) is 10.3 Å². The van der Waals surface area contributed by atoms with E-state index in [-0.39, 0.29) is 12.1 Å². The molecule has 0 spiro atoms. The average Bonchev–Trinajstić information content (AvgIpc) is 2.53. The van der Waals surface area contributed by atoms with Gasteiger partial charge in [0.2, 0.25) is 0 Å². The van der Waals surface area contributed by atoms with Gasteiger partial charge in [0.1, 0.15) is 5.75 Å². The first-order chi connectivity index (χ1) is 10.1. The lowest BCUT2D eigenvalue weighted by atomic mass is 10.00. The summed E-state index contributed by atoms with van der Waals surface area (Å²) in [7, 11) is 1.68. The van der Waals surface area contributed by atoms with Crippen LogP contribution in [0.2, 0.25) is 0 Å². The van der Waals surface area contributed by atoms with Crippen LogP contribution in [0.15, 0.2) is 24.3 Å². The van der Waals surface area contributed by atoms with Crippen LogP contribution in [0.3, 0.4) is 0 Å². The number of hydrogen-bond acceptors (Lipinski definition) is 5. The van der Waals surface area contributed by atoms with Gasteiger partial charge in [-0.25, -0.2) is 0 Å². The number of hydrogen-bond donors (Lipinski definition) is 2. The molecule has 1 heterocycles. The van der Waals surface area contributed by atoms with E-state index in [1.165, 1.54) is 5.56 Å². The minimum Gasteiger partial charge on any atom is -0.497 e. The Morgan fingerprint density at radius 2 is 2.29 bits per heavy atom. The van der Waals surface area contributed by atoms with Gasteiger partial charge in [0.05, 0.1) is 25.9 Å². The number of nitrogens with zero attached hydrogens (tertiary/aromatic N) is 1. The normalized spacial score (nSPS) is 21.5. The van der Waals surface area contributed by atoms with Crippen molar-refractivity contribution in [3.05, 3.63) is 29.8 Å². The Balaban J connectivity index is 2.01. The van der Waals surface area contributed by atoms with E-state index in [1.807, 2.05) is 18.2 Å². The molecule has 5 nitrogen and oxygen atoms in total. The SMILES string of the molecule is COc1cccc(CC(NN)C2CN(C(C)C)CCO2)c1. The third kappa shape index (κ3) is 4.41. The van der Waals surface area contributed by atoms with Crippen molar-refractivity contribution in [3.63, 3.8) is 0 Å². The van der Waals surface area contributed by atoms with Gasteiger partial charge in [-0.15, -0.1) is 0 Å². The summed E-state index contributed by atoms with van der Waals surface area (Å²) in [6, 6.07) is 8.73. The number of nitrogens with one attached hydrogen (secondary N) is 1. The maximum atomic E-state index is 5.92. The minimum atomic E-state index is 0.0960. The molecule has 21 heavy (non-hydrogen) atoms. The fraction of sp³-hybridized carbons (Fsp3) is 0.625. The van der Waals surface area contributed by atoms with E-state index in [0.29, 0.717) is 6.04 Å². The van der Waals surface area contributed by atoms with Crippen molar-refractivity contribution in [3.8, 4) is 5.75 Å². The number of rotatable bonds is 6. The molecule has 1 aromatic carbocycles. The van der Waals surface area contributed by atoms with Crippen molar-refractivity contribution in [2.24, 2.45) is 5.84 Å². The number of ether oxygens (including phenoxy) is 2. The van der Waals surface area contributed by atoms with Gasteiger partial charge < -0.3 is 9.47 Å². The van der Waals surface area contributed by atoms with Crippen molar-refractivity contribution in [2.45, 2.75) is 38.5 Å². The molecule has 0 saturated carbocycles. The van der Waals surface area contributed by atoms with Crippen LogP contribution in [0.4, 0.5) is 0 Å². The second-order valence-electron chi connectivity index (χ2n) is 5.83. The fourth-order valence-corrected chi connectivity index (χ4v) is 2.76. The smallest absolute Gasteiger partial charge is 0.119 e. The highest BCUT2D eigenvalue weighted by Gasteiger charge is 2.28. The molecule has 5 heteroatoms. The van der Waals surface area contributed by atoms with Crippen molar-refractivity contribution in [2.75, 3.05) is 26.8 Å². The molecule has 3 N–H and O–H groups in total. The molecule has 2 atom stereocenters. The molecule has 0 radical (unpaired) electrons. The van der Waals surface area contributed by atoms with E-state index in [2.05, 4.69) is 30.2 Å². The Kier molecular flexibility index (Phi) is 5.99. The van der Waals surface area contributed by atoms with Crippen LogP contribution in [-0.4, -0.2) is 49.9 Å². The van der Waals surface area contributed by atoms with E-state index in [0.717, 1.165) is 31.9 Å². The van der Waals surface area contributed by atoms with Crippen molar-refractivity contribution >= 4 is 0 Å². The molecule has 0 bridgehead atoms. The quantitative estimate of drug-likeness (QED) is 0.609. The van der Waals surface area contributed by atoms with Gasteiger partial charge in [0, 0.05) is 19.1 Å². The Morgan fingerprint density at radius 3 is 2.95 bits per heavy atom. The van der Waals surface area contributed by atoms with E-state index in [9.17, 15) is 0 Å². The molecule has 0 aromatic heterocycles. The predicted molar refractivity (Wildman–Crippen MR) is 84.3 cm³/mol. The summed E-state index contributed by atoms with van der Waals surface area (Å²) in [6.45, 7) is 7.10. The van der Waals surface area contributed by atoms with Gasteiger partial charge in [-0.3, -0.25) is 16.2 Å². The Morgan fingerprint density at radius 1 is 1.48 bits per heavy atom. The highest BCUT2D eigenvalue weighted by atomic mass is 16.5. The summed E-state index contributed by atoms with van der Waals surface area (Å²) in [5.74, 6) is 6.64. The van der Waals surface area contributed by atoms with Gasteiger partial charge in [-0.2, -0.15) is 0 Å². The van der Waals surface area contributed by atoms with Crippen molar-refractivity contribution < 1.29 is 9.47 Å². The molecule has 1 aliphatic rings. The summed E-state index contributed by atoms with van der Waals surface area (Å²) in [6.07, 6.45) is 0.932. The molecule has 2 rings (SSSR count). The molecule has 0 aliphatic carbocycles. The van der Waals surface area contributed by atoms with Crippen LogP contribution < -0.4 is 16.0 Å². The second kappa shape index (κ2) is 7.75. The zero-order chi connectivity index (χ0) is 15.2. The molecule has 1 fully saturated rings. The van der Waals surface area contributed by atoms with E-state index in [1.54, 1.807) is 7.11 Å². The lowest BCUT2D eigenvalue weighted by Crippen LogP contribution is -2.56. The summed E-state index contributed by atoms with van der Waals surface area (Å²) in [4.78, 5) is 2.43. The molecular weight excluding hydrogens is 266 g/mol. The number of hydrazine groups is 1. The Hall–Kier alpha value is -1.14. The molecule has 1 aliphatic heterocycles. The number of morpholine rings is 1. The summed E-state index contributed by atoms with van der Waals surface area (Å²) < 4.78 is 11.2. The highest BCUT2D eigenvalue weighted by molar-refractivity contribution is 5.29. The van der Waals surface area contributed by atoms with E-state index in [4.69, 9.17) is 15.3 Å². The Labute approximate surface area is 127 Å². The summed E-state index contributed by atoms with van der Waals surface area (Å²) in [5.41, 5.74) is 4.12. The average molecular weight is 293 g/mol. The third-order valence-electron chi connectivity index (χ3n) is 4.11. The monoisotopic (exact) mass is 293 g/mol. The van der Waals surface area contributed by atoms with Crippen LogP contribution in [0, 0.1) is 0 Å². The molecule has 1 saturated heterocycles. The molecule has 118 valence electrons. The zero-order valence-corrected chi connectivity index (χ0v) is 13.2. The molecular formula is C16H27N3O2. The number of nitrogens with two attached hydrogens (primary N) is 1. The lowest BCUT2D eigenvalue weighted by molar-refractivity contribution is -0.0552.